The molecule has 2 atom stereocenters. The van der Waals surface area contributed by atoms with Crippen LogP contribution in [0.25, 0.3) is 0 Å². The van der Waals surface area contributed by atoms with Crippen LogP contribution in [0.4, 0.5) is 0 Å². The van der Waals surface area contributed by atoms with Gasteiger partial charge < -0.3 is 10.4 Å². The summed E-state index contributed by atoms with van der Waals surface area (Å²) in [6, 6.07) is 0. The second-order valence-electron chi connectivity index (χ2n) is 4.13. The Labute approximate surface area is 109 Å². The molecular weight excluding hydrogens is 258 g/mol. The van der Waals surface area contributed by atoms with E-state index < -0.39 is 11.5 Å². The molecule has 7 heteroatoms. The van der Waals surface area contributed by atoms with E-state index in [9.17, 15) is 4.79 Å². The van der Waals surface area contributed by atoms with E-state index in [4.69, 9.17) is 5.11 Å². The quantitative estimate of drug-likeness (QED) is 0.771. The highest BCUT2D eigenvalue weighted by Crippen LogP contribution is 2.29. The summed E-state index contributed by atoms with van der Waals surface area (Å²) in [6.07, 6.45) is 0.530. The number of carboxylic acid groups (broad SMARTS) is 1. The van der Waals surface area contributed by atoms with Crippen molar-refractivity contribution >= 4 is 29.3 Å². The number of aryl methyl sites for hydroxylation is 1. The molecule has 1 rings (SSSR count). The Hall–Kier alpha value is -0.660. The van der Waals surface area contributed by atoms with E-state index in [2.05, 4.69) is 14.7 Å². The highest BCUT2D eigenvalue weighted by atomic mass is 32.2. The van der Waals surface area contributed by atoms with Crippen LogP contribution < -0.4 is 5.32 Å². The molecule has 0 aromatic carbocycles. The third-order valence-corrected chi connectivity index (χ3v) is 4.51. The fraction of sp³-hybridized carbons (Fsp3) is 0.700. The highest BCUT2D eigenvalue weighted by molar-refractivity contribution is 8.01. The summed E-state index contributed by atoms with van der Waals surface area (Å²) < 4.78 is 4.99. The second-order valence-corrected chi connectivity index (χ2v) is 6.56. The Morgan fingerprint density at radius 3 is 2.76 bits per heavy atom. The maximum atomic E-state index is 11.1. The minimum Gasteiger partial charge on any atom is -0.480 e. The van der Waals surface area contributed by atoms with Crippen LogP contribution in [0.15, 0.2) is 4.34 Å². The molecule has 0 bridgehead atoms. The minimum absolute atomic E-state index is 0.163. The van der Waals surface area contributed by atoms with Gasteiger partial charge in [0.25, 0.3) is 0 Å². The summed E-state index contributed by atoms with van der Waals surface area (Å²) in [7, 11) is 1.67. The summed E-state index contributed by atoms with van der Waals surface area (Å²) in [5.41, 5.74) is -0.897. The topological polar surface area (TPSA) is 75.1 Å². The number of nitrogens with one attached hydrogen (secondary N) is 1. The highest BCUT2D eigenvalue weighted by Gasteiger charge is 2.33. The van der Waals surface area contributed by atoms with Crippen molar-refractivity contribution in [3.05, 3.63) is 5.82 Å². The van der Waals surface area contributed by atoms with Crippen molar-refractivity contribution in [3.63, 3.8) is 0 Å². The first kappa shape index (κ1) is 14.4. The molecule has 0 spiro atoms. The van der Waals surface area contributed by atoms with Crippen molar-refractivity contribution < 1.29 is 9.90 Å². The van der Waals surface area contributed by atoms with Crippen LogP contribution in [0.1, 0.15) is 26.1 Å². The molecule has 5 nitrogen and oxygen atoms in total. The molecule has 1 heterocycles. The fourth-order valence-corrected chi connectivity index (χ4v) is 3.56. The van der Waals surface area contributed by atoms with Gasteiger partial charge in [-0.3, -0.25) is 4.79 Å². The Morgan fingerprint density at radius 1 is 1.71 bits per heavy atom. The van der Waals surface area contributed by atoms with Gasteiger partial charge in [0.1, 0.15) is 11.4 Å². The van der Waals surface area contributed by atoms with Crippen molar-refractivity contribution in [1.82, 2.24) is 14.7 Å². The lowest BCUT2D eigenvalue weighted by Gasteiger charge is -2.26. The summed E-state index contributed by atoms with van der Waals surface area (Å²) in [4.78, 5) is 15.4. The van der Waals surface area contributed by atoms with Crippen LogP contribution in [0.2, 0.25) is 0 Å². The van der Waals surface area contributed by atoms with Crippen molar-refractivity contribution in [2.45, 2.75) is 42.3 Å². The predicted octanol–water partition coefficient (Wildman–Crippen LogP) is 1.78. The van der Waals surface area contributed by atoms with Crippen LogP contribution in [0, 0.1) is 6.92 Å². The predicted molar refractivity (Wildman–Crippen MR) is 69.7 cm³/mol. The monoisotopic (exact) mass is 275 g/mol. The number of likely N-dealkylation sites (N-methyl/N-ethyl adjacent to an activating group) is 1. The third kappa shape index (κ3) is 3.93. The van der Waals surface area contributed by atoms with Gasteiger partial charge in [0.15, 0.2) is 4.34 Å². The van der Waals surface area contributed by atoms with Gasteiger partial charge in [0, 0.05) is 5.25 Å². The summed E-state index contributed by atoms with van der Waals surface area (Å²) in [5.74, 6) is -0.0693. The van der Waals surface area contributed by atoms with Gasteiger partial charge >= 0.3 is 5.97 Å². The molecule has 2 unspecified atom stereocenters. The first-order chi connectivity index (χ1) is 7.87. The Bertz CT molecular complexity index is 397. The first-order valence-corrected chi connectivity index (χ1v) is 6.92. The van der Waals surface area contributed by atoms with E-state index in [0.29, 0.717) is 6.42 Å². The molecule has 0 aliphatic heterocycles. The second kappa shape index (κ2) is 5.79. The number of nitrogens with zero attached hydrogens (tertiary/aromatic N) is 2. The molecule has 0 saturated heterocycles. The van der Waals surface area contributed by atoms with Crippen molar-refractivity contribution in [1.29, 1.82) is 0 Å². The van der Waals surface area contributed by atoms with Gasteiger partial charge in [0.2, 0.25) is 0 Å². The maximum absolute atomic E-state index is 11.1. The number of rotatable bonds is 6. The van der Waals surface area contributed by atoms with Crippen LogP contribution >= 0.6 is 23.3 Å². The van der Waals surface area contributed by atoms with Gasteiger partial charge in [-0.05, 0) is 38.8 Å². The zero-order valence-corrected chi connectivity index (χ0v) is 12.0. The maximum Gasteiger partial charge on any atom is 0.323 e. The summed E-state index contributed by atoms with van der Waals surface area (Å²) in [6.45, 7) is 5.54. The molecular formula is C10H17N3O2S2. The number of aromatic nitrogens is 2. The molecule has 0 saturated carbocycles. The molecule has 0 aliphatic rings. The summed E-state index contributed by atoms with van der Waals surface area (Å²) >= 11 is 2.92. The number of hydrogen-bond donors (Lipinski definition) is 2. The Morgan fingerprint density at radius 2 is 2.35 bits per heavy atom. The molecule has 0 radical (unpaired) electrons. The zero-order chi connectivity index (χ0) is 13.1. The third-order valence-electron chi connectivity index (χ3n) is 2.53. The standard InChI is InChI=1S/C10H17N3O2S2/c1-6(5-10(3,11-4)8(14)15)16-9-12-7(2)13-17-9/h6,11H,5H2,1-4H3,(H,14,15). The lowest BCUT2D eigenvalue weighted by Crippen LogP contribution is -2.49. The lowest BCUT2D eigenvalue weighted by molar-refractivity contribution is -0.144. The Kier molecular flexibility index (Phi) is 4.91. The molecule has 2 N–H and O–H groups in total. The molecule has 96 valence electrons. The average Bonchev–Trinajstić information content (AvgIpc) is 2.63. The number of carboxylic acids is 1. The number of thioether (sulfide) groups is 1. The van der Waals surface area contributed by atoms with Gasteiger partial charge in [-0.1, -0.05) is 18.7 Å². The van der Waals surface area contributed by atoms with E-state index in [1.54, 1.807) is 25.7 Å². The van der Waals surface area contributed by atoms with Crippen LogP contribution in [-0.2, 0) is 4.79 Å². The molecule has 0 fully saturated rings. The molecule has 0 amide bonds. The van der Waals surface area contributed by atoms with Crippen molar-refractivity contribution in [2.24, 2.45) is 0 Å². The Balaban J connectivity index is 2.59. The number of carbonyl (C=O) groups is 1. The van der Waals surface area contributed by atoms with E-state index in [-0.39, 0.29) is 5.25 Å². The van der Waals surface area contributed by atoms with E-state index in [1.165, 1.54) is 11.5 Å². The first-order valence-electron chi connectivity index (χ1n) is 5.26. The molecule has 17 heavy (non-hydrogen) atoms. The van der Waals surface area contributed by atoms with Crippen LogP contribution in [-0.4, -0.2) is 38.3 Å². The lowest BCUT2D eigenvalue weighted by atomic mass is 9.97. The average molecular weight is 275 g/mol. The molecule has 1 aromatic rings. The SMILES string of the molecule is CNC(C)(CC(C)Sc1nc(C)ns1)C(=O)O. The minimum atomic E-state index is -0.897. The van der Waals surface area contributed by atoms with Gasteiger partial charge in [0.05, 0.1) is 0 Å². The van der Waals surface area contributed by atoms with E-state index in [0.717, 1.165) is 10.2 Å². The zero-order valence-electron chi connectivity index (χ0n) is 10.4. The van der Waals surface area contributed by atoms with E-state index >= 15 is 0 Å². The van der Waals surface area contributed by atoms with Gasteiger partial charge in [-0.15, -0.1) is 0 Å². The van der Waals surface area contributed by atoms with Crippen LogP contribution in [0.3, 0.4) is 0 Å². The smallest absolute Gasteiger partial charge is 0.323 e. The van der Waals surface area contributed by atoms with Crippen molar-refractivity contribution in [2.75, 3.05) is 7.05 Å². The normalized spacial score (nSPS) is 16.5. The van der Waals surface area contributed by atoms with Crippen LogP contribution in [0.5, 0.6) is 0 Å². The molecule has 1 aromatic heterocycles. The van der Waals surface area contributed by atoms with Gasteiger partial charge in [-0.25, -0.2) is 4.98 Å². The largest absolute Gasteiger partial charge is 0.480 e. The summed E-state index contributed by atoms with van der Waals surface area (Å²) in [5, 5.41) is 12.2. The molecule has 0 aliphatic carbocycles. The van der Waals surface area contributed by atoms with E-state index in [1.807, 2.05) is 13.8 Å². The number of hydrogen-bond acceptors (Lipinski definition) is 6. The fourth-order valence-electron chi connectivity index (χ4n) is 1.41. The van der Waals surface area contributed by atoms with Gasteiger partial charge in [-0.2, -0.15) is 4.37 Å². The number of aliphatic carboxylic acids is 1. The van der Waals surface area contributed by atoms with Crippen molar-refractivity contribution in [3.8, 4) is 0 Å².